The van der Waals surface area contributed by atoms with E-state index in [2.05, 4.69) is 15.7 Å². The van der Waals surface area contributed by atoms with Crippen LogP contribution in [0.25, 0.3) is 10.9 Å². The molecule has 23 heavy (non-hydrogen) atoms. The molecule has 0 aliphatic carbocycles. The fraction of sp³-hybridized carbons (Fsp3) is 0.500. The molecule has 2 N–H and O–H groups in total. The third-order valence-corrected chi connectivity index (χ3v) is 4.37. The monoisotopic (exact) mass is 336 g/mol. The zero-order valence-electron chi connectivity index (χ0n) is 13.5. The smallest absolute Gasteiger partial charge is 0.251 e. The SMILES string of the molecule is Cn1nc(C(C)(C)NC(=O)[C@@H]2CNCCO2)c2cccc(Cl)c21. The summed E-state index contributed by atoms with van der Waals surface area (Å²) in [5.74, 6) is -0.136. The molecule has 1 aliphatic rings. The number of hydrogen-bond acceptors (Lipinski definition) is 4. The quantitative estimate of drug-likeness (QED) is 0.892. The lowest BCUT2D eigenvalue weighted by molar-refractivity contribution is -0.136. The predicted molar refractivity (Wildman–Crippen MR) is 89.5 cm³/mol. The lowest BCUT2D eigenvalue weighted by atomic mass is 9.96. The molecule has 1 fully saturated rings. The molecule has 1 aliphatic heterocycles. The number of nitrogens with zero attached hydrogens (tertiary/aromatic N) is 2. The lowest BCUT2D eigenvalue weighted by Crippen LogP contribution is -2.52. The predicted octanol–water partition coefficient (Wildman–Crippen LogP) is 1.57. The molecule has 1 aromatic heterocycles. The highest BCUT2D eigenvalue weighted by Gasteiger charge is 2.32. The Morgan fingerprint density at radius 3 is 3.00 bits per heavy atom. The van der Waals surface area contributed by atoms with Gasteiger partial charge in [0.15, 0.2) is 0 Å². The number of rotatable bonds is 3. The van der Waals surface area contributed by atoms with Crippen LogP contribution in [0.3, 0.4) is 0 Å². The van der Waals surface area contributed by atoms with Crippen molar-refractivity contribution in [2.75, 3.05) is 19.7 Å². The van der Waals surface area contributed by atoms with Gasteiger partial charge >= 0.3 is 0 Å². The van der Waals surface area contributed by atoms with Gasteiger partial charge in [0.25, 0.3) is 5.91 Å². The summed E-state index contributed by atoms with van der Waals surface area (Å²) in [5, 5.41) is 12.4. The van der Waals surface area contributed by atoms with E-state index < -0.39 is 11.6 Å². The Hall–Kier alpha value is -1.63. The van der Waals surface area contributed by atoms with Crippen molar-refractivity contribution in [1.29, 1.82) is 0 Å². The highest BCUT2D eigenvalue weighted by molar-refractivity contribution is 6.35. The molecule has 124 valence electrons. The number of morpholine rings is 1. The first-order valence-electron chi connectivity index (χ1n) is 7.66. The summed E-state index contributed by atoms with van der Waals surface area (Å²) in [6, 6.07) is 5.69. The van der Waals surface area contributed by atoms with E-state index in [1.165, 1.54) is 0 Å². The van der Waals surface area contributed by atoms with Gasteiger partial charge in [0.2, 0.25) is 0 Å². The number of para-hydroxylation sites is 1. The Morgan fingerprint density at radius 2 is 2.30 bits per heavy atom. The minimum atomic E-state index is -0.637. The number of hydrogen-bond donors (Lipinski definition) is 2. The van der Waals surface area contributed by atoms with Crippen molar-refractivity contribution < 1.29 is 9.53 Å². The maximum absolute atomic E-state index is 12.5. The molecule has 7 heteroatoms. The summed E-state index contributed by atoms with van der Waals surface area (Å²) in [5.41, 5.74) is 1.01. The summed E-state index contributed by atoms with van der Waals surface area (Å²) < 4.78 is 7.26. The van der Waals surface area contributed by atoms with E-state index in [0.717, 1.165) is 23.1 Å². The van der Waals surface area contributed by atoms with Crippen LogP contribution >= 0.6 is 11.6 Å². The minimum absolute atomic E-state index is 0.136. The molecular weight excluding hydrogens is 316 g/mol. The average Bonchev–Trinajstić information content (AvgIpc) is 2.87. The second-order valence-corrected chi connectivity index (χ2v) is 6.69. The number of amides is 1. The first-order valence-corrected chi connectivity index (χ1v) is 8.04. The van der Waals surface area contributed by atoms with Gasteiger partial charge in [0, 0.05) is 25.5 Å². The van der Waals surface area contributed by atoms with Crippen molar-refractivity contribution in [2.45, 2.75) is 25.5 Å². The molecule has 0 unspecified atom stereocenters. The van der Waals surface area contributed by atoms with Crippen LogP contribution < -0.4 is 10.6 Å². The number of benzene rings is 1. The number of fused-ring (bicyclic) bond motifs is 1. The van der Waals surface area contributed by atoms with E-state index >= 15 is 0 Å². The molecule has 2 aromatic rings. The lowest BCUT2D eigenvalue weighted by Gasteiger charge is -2.29. The summed E-state index contributed by atoms with van der Waals surface area (Å²) in [4.78, 5) is 12.5. The molecule has 1 saturated heterocycles. The van der Waals surface area contributed by atoms with Crippen LogP contribution in [0.4, 0.5) is 0 Å². The maximum atomic E-state index is 12.5. The number of aromatic nitrogens is 2. The average molecular weight is 337 g/mol. The van der Waals surface area contributed by atoms with E-state index in [1.807, 2.05) is 39.1 Å². The molecule has 0 radical (unpaired) electrons. The highest BCUT2D eigenvalue weighted by Crippen LogP contribution is 2.31. The van der Waals surface area contributed by atoms with Gasteiger partial charge in [0.1, 0.15) is 6.10 Å². The van der Waals surface area contributed by atoms with Crippen molar-refractivity contribution in [3.8, 4) is 0 Å². The van der Waals surface area contributed by atoms with Gasteiger partial charge in [0.05, 0.1) is 28.4 Å². The number of aryl methyl sites for hydroxylation is 1. The number of carbonyl (C=O) groups is 1. The van der Waals surface area contributed by atoms with Gasteiger partial charge in [-0.2, -0.15) is 5.10 Å². The summed E-state index contributed by atoms with van der Waals surface area (Å²) in [7, 11) is 1.85. The Balaban J connectivity index is 1.90. The third-order valence-electron chi connectivity index (χ3n) is 4.06. The fourth-order valence-corrected chi connectivity index (χ4v) is 3.23. The topological polar surface area (TPSA) is 68.2 Å². The molecule has 1 amide bonds. The van der Waals surface area contributed by atoms with Gasteiger partial charge in [-0.3, -0.25) is 9.48 Å². The van der Waals surface area contributed by atoms with Gasteiger partial charge in [-0.25, -0.2) is 0 Å². The van der Waals surface area contributed by atoms with E-state index in [4.69, 9.17) is 16.3 Å². The van der Waals surface area contributed by atoms with Crippen LogP contribution in [0.5, 0.6) is 0 Å². The third kappa shape index (κ3) is 3.06. The largest absolute Gasteiger partial charge is 0.366 e. The molecule has 0 spiro atoms. The van der Waals surface area contributed by atoms with Crippen LogP contribution in [0.1, 0.15) is 19.5 Å². The number of halogens is 1. The normalized spacial score (nSPS) is 19.0. The summed E-state index contributed by atoms with van der Waals surface area (Å²) in [6.07, 6.45) is -0.471. The van der Waals surface area contributed by atoms with Gasteiger partial charge in [-0.1, -0.05) is 23.7 Å². The molecule has 3 rings (SSSR count). The van der Waals surface area contributed by atoms with Crippen molar-refractivity contribution >= 4 is 28.4 Å². The van der Waals surface area contributed by atoms with E-state index in [1.54, 1.807) is 4.68 Å². The Bertz CT molecular complexity index is 735. The van der Waals surface area contributed by atoms with E-state index in [-0.39, 0.29) is 5.91 Å². The first-order chi connectivity index (χ1) is 10.9. The second-order valence-electron chi connectivity index (χ2n) is 6.29. The van der Waals surface area contributed by atoms with Crippen LogP contribution in [0.2, 0.25) is 5.02 Å². The van der Waals surface area contributed by atoms with E-state index in [0.29, 0.717) is 18.2 Å². The fourth-order valence-electron chi connectivity index (χ4n) is 2.93. The molecule has 1 atom stereocenters. The molecular formula is C16H21ClN4O2. The number of nitrogens with one attached hydrogen (secondary N) is 2. The minimum Gasteiger partial charge on any atom is -0.366 e. The Kier molecular flexibility index (Phi) is 4.31. The zero-order chi connectivity index (χ0) is 16.6. The first kappa shape index (κ1) is 16.2. The van der Waals surface area contributed by atoms with Crippen LogP contribution in [0, 0.1) is 0 Å². The zero-order valence-corrected chi connectivity index (χ0v) is 14.3. The van der Waals surface area contributed by atoms with Gasteiger partial charge in [-0.15, -0.1) is 0 Å². The highest BCUT2D eigenvalue weighted by atomic mass is 35.5. The van der Waals surface area contributed by atoms with Crippen molar-refractivity contribution in [2.24, 2.45) is 7.05 Å². The molecule has 0 bridgehead atoms. The van der Waals surface area contributed by atoms with E-state index in [9.17, 15) is 4.79 Å². The van der Waals surface area contributed by atoms with Gasteiger partial charge in [-0.05, 0) is 19.9 Å². The maximum Gasteiger partial charge on any atom is 0.251 e. The van der Waals surface area contributed by atoms with Crippen molar-refractivity contribution in [3.63, 3.8) is 0 Å². The number of ether oxygens (including phenoxy) is 1. The molecule has 6 nitrogen and oxygen atoms in total. The van der Waals surface area contributed by atoms with Crippen molar-refractivity contribution in [1.82, 2.24) is 20.4 Å². The Morgan fingerprint density at radius 1 is 1.52 bits per heavy atom. The summed E-state index contributed by atoms with van der Waals surface area (Å²) in [6.45, 7) is 5.71. The van der Waals surface area contributed by atoms with Crippen molar-refractivity contribution in [3.05, 3.63) is 28.9 Å². The molecule has 1 aromatic carbocycles. The second kappa shape index (κ2) is 6.11. The molecule has 0 saturated carbocycles. The Labute approximate surface area is 140 Å². The van der Waals surface area contributed by atoms with Gasteiger partial charge < -0.3 is 15.4 Å². The van der Waals surface area contributed by atoms with Crippen LogP contribution in [-0.4, -0.2) is 41.5 Å². The van der Waals surface area contributed by atoms with Crippen LogP contribution in [0.15, 0.2) is 18.2 Å². The van der Waals surface area contributed by atoms with Crippen LogP contribution in [-0.2, 0) is 22.1 Å². The summed E-state index contributed by atoms with van der Waals surface area (Å²) >= 11 is 6.28. The standard InChI is InChI=1S/C16H21ClN4O2/c1-16(2,19-15(22)12-9-18-7-8-23-12)14-10-5-4-6-11(17)13(10)21(3)20-14/h4-6,12,18H,7-9H2,1-3H3,(H,19,22)/t12-/m0/s1. The number of carbonyl (C=O) groups excluding carboxylic acids is 1. The molecule has 2 heterocycles.